The Morgan fingerprint density at radius 1 is 1.24 bits per heavy atom. The Labute approximate surface area is 184 Å². The van der Waals surface area contributed by atoms with Crippen molar-refractivity contribution < 1.29 is 22.3 Å². The van der Waals surface area contributed by atoms with Crippen LogP contribution in [0.15, 0.2) is 24.4 Å². The first-order valence-corrected chi connectivity index (χ1v) is 9.70. The number of nitriles is 1. The van der Waals surface area contributed by atoms with E-state index in [2.05, 4.69) is 31.8 Å². The van der Waals surface area contributed by atoms with Gasteiger partial charge in [-0.2, -0.15) is 23.4 Å². The van der Waals surface area contributed by atoms with Gasteiger partial charge in [0, 0.05) is 6.54 Å². The van der Waals surface area contributed by atoms with Gasteiger partial charge >= 0.3 is 6.18 Å². The maximum Gasteiger partial charge on any atom is 0.408 e. The van der Waals surface area contributed by atoms with Gasteiger partial charge in [0.15, 0.2) is 5.82 Å². The Morgan fingerprint density at radius 3 is 2.67 bits per heavy atom. The van der Waals surface area contributed by atoms with E-state index in [0.29, 0.717) is 4.68 Å². The highest BCUT2D eigenvalue weighted by Crippen LogP contribution is 2.35. The molecule has 0 aliphatic heterocycles. The van der Waals surface area contributed by atoms with E-state index in [0.717, 1.165) is 6.20 Å². The molecule has 0 unspecified atom stereocenters. The number of hydrogen-bond acceptors (Lipinski definition) is 7. The summed E-state index contributed by atoms with van der Waals surface area (Å²) in [5, 5.41) is 23.6. The molecule has 0 aliphatic rings. The third-order valence-corrected chi connectivity index (χ3v) is 4.87. The molecule has 13 heteroatoms. The first-order chi connectivity index (χ1) is 15.5. The van der Waals surface area contributed by atoms with Crippen LogP contribution in [0.2, 0.25) is 0 Å². The summed E-state index contributed by atoms with van der Waals surface area (Å²) in [5.74, 6) is -0.512. The normalized spacial score (nSPS) is 12.3. The van der Waals surface area contributed by atoms with Gasteiger partial charge in [0.25, 0.3) is 0 Å². The highest BCUT2D eigenvalue weighted by atomic mass is 19.4. The van der Waals surface area contributed by atoms with Crippen molar-refractivity contribution in [2.45, 2.75) is 26.6 Å². The number of benzene rings is 1. The minimum Gasteiger partial charge on any atom is -0.479 e. The fraction of sp³-hybridized carbons (Fsp3) is 0.350. The minimum absolute atomic E-state index is 0.0446. The molecule has 0 saturated heterocycles. The zero-order valence-electron chi connectivity index (χ0n) is 17.8. The summed E-state index contributed by atoms with van der Waals surface area (Å²) in [7, 11) is 1.35. The molecular formula is C20H18F4N8O. The van der Waals surface area contributed by atoms with Gasteiger partial charge in [0.1, 0.15) is 17.6 Å². The molecule has 9 nitrogen and oxygen atoms in total. The van der Waals surface area contributed by atoms with E-state index >= 15 is 4.39 Å². The lowest BCUT2D eigenvalue weighted by molar-refractivity contribution is -0.142. The first kappa shape index (κ1) is 22.3. The summed E-state index contributed by atoms with van der Waals surface area (Å²) < 4.78 is 61.0. The number of alkyl halides is 3. The van der Waals surface area contributed by atoms with E-state index in [-0.39, 0.29) is 46.1 Å². The van der Waals surface area contributed by atoms with E-state index in [9.17, 15) is 13.2 Å². The fourth-order valence-electron chi connectivity index (χ4n) is 3.26. The number of fused-ring (bicyclic) bond motifs is 2. The number of nitrogens with zero attached hydrogens (tertiary/aromatic N) is 7. The lowest BCUT2D eigenvalue weighted by atomic mass is 9.96. The van der Waals surface area contributed by atoms with Crippen LogP contribution >= 0.6 is 0 Å². The Balaban J connectivity index is 1.81. The van der Waals surface area contributed by atoms with Crippen LogP contribution in [0.25, 0.3) is 27.7 Å². The third-order valence-electron chi connectivity index (χ3n) is 4.87. The molecule has 4 rings (SSSR count). The number of ether oxygens (including phenoxy) is 1. The van der Waals surface area contributed by atoms with Crippen molar-refractivity contribution in [1.29, 1.82) is 5.26 Å². The summed E-state index contributed by atoms with van der Waals surface area (Å²) in [6.07, 6.45) is -3.38. The van der Waals surface area contributed by atoms with E-state index in [1.807, 2.05) is 0 Å². The Kier molecular flexibility index (Phi) is 5.31. The molecule has 0 bridgehead atoms. The fourth-order valence-corrected chi connectivity index (χ4v) is 3.26. The monoisotopic (exact) mass is 462 g/mol. The van der Waals surface area contributed by atoms with E-state index in [1.165, 1.54) is 29.8 Å². The minimum atomic E-state index is -4.49. The van der Waals surface area contributed by atoms with Crippen LogP contribution in [0.5, 0.6) is 5.88 Å². The molecule has 0 atom stereocenters. The highest BCUT2D eigenvalue weighted by molar-refractivity contribution is 5.89. The van der Waals surface area contributed by atoms with Gasteiger partial charge in [-0.05, 0) is 31.5 Å². The largest absolute Gasteiger partial charge is 0.479 e. The SMILES string of the molecule is COc1nc(NCC(C)(C)C#N)nn2cc(F)c(-c3ccc4nnn(CC(F)(F)F)c4c3)c12. The molecule has 172 valence electrons. The Bertz CT molecular complexity index is 1380. The zero-order valence-corrected chi connectivity index (χ0v) is 17.8. The number of hydrogen-bond donors (Lipinski definition) is 1. The topological polar surface area (TPSA) is 106 Å². The molecule has 0 radical (unpaired) electrons. The lowest BCUT2D eigenvalue weighted by Gasteiger charge is -2.16. The number of anilines is 1. The van der Waals surface area contributed by atoms with Gasteiger partial charge < -0.3 is 10.1 Å². The smallest absolute Gasteiger partial charge is 0.408 e. The highest BCUT2D eigenvalue weighted by Gasteiger charge is 2.30. The summed E-state index contributed by atoms with van der Waals surface area (Å²) in [5.41, 5.74) is 0.164. The third kappa shape index (κ3) is 4.36. The van der Waals surface area contributed by atoms with Crippen LogP contribution < -0.4 is 10.1 Å². The maximum atomic E-state index is 15.0. The molecule has 1 N–H and O–H groups in total. The number of methoxy groups -OCH3 is 1. The number of rotatable bonds is 6. The van der Waals surface area contributed by atoms with Crippen LogP contribution in [0.3, 0.4) is 0 Å². The second-order valence-corrected chi connectivity index (χ2v) is 8.00. The van der Waals surface area contributed by atoms with E-state index in [1.54, 1.807) is 13.8 Å². The van der Waals surface area contributed by atoms with Gasteiger partial charge in [0.05, 0.1) is 35.9 Å². The van der Waals surface area contributed by atoms with Crippen molar-refractivity contribution in [3.8, 4) is 23.1 Å². The molecule has 0 fully saturated rings. The molecule has 0 spiro atoms. The van der Waals surface area contributed by atoms with Crippen molar-refractivity contribution in [2.24, 2.45) is 5.41 Å². The molecule has 0 saturated carbocycles. The average Bonchev–Trinajstić information content (AvgIpc) is 3.30. The number of halogens is 4. The zero-order chi connectivity index (χ0) is 24.0. The van der Waals surface area contributed by atoms with Crippen LogP contribution in [0.4, 0.5) is 23.5 Å². The van der Waals surface area contributed by atoms with Crippen molar-refractivity contribution in [3.05, 3.63) is 30.2 Å². The molecule has 1 aromatic carbocycles. The van der Waals surface area contributed by atoms with Gasteiger partial charge in [0.2, 0.25) is 11.8 Å². The quantitative estimate of drug-likeness (QED) is 0.434. The molecule has 3 heterocycles. The molecule has 0 amide bonds. The standard InChI is InChI=1S/C20H18F4N8O/c1-19(2,8-25)9-26-18-27-17(33-3)16-15(12(21)7-31(16)29-18)11-4-5-13-14(6-11)32(30-28-13)10-20(22,23)24/h4-7H,9-10H2,1-3H3,(H,26,29). The second kappa shape index (κ2) is 7.88. The van der Waals surface area contributed by atoms with Crippen molar-refractivity contribution in [3.63, 3.8) is 0 Å². The number of nitrogens with one attached hydrogen (secondary N) is 1. The molecular weight excluding hydrogens is 444 g/mol. The van der Waals surface area contributed by atoms with Crippen LogP contribution in [0.1, 0.15) is 13.8 Å². The van der Waals surface area contributed by atoms with Gasteiger partial charge in [-0.3, -0.25) is 0 Å². The van der Waals surface area contributed by atoms with E-state index < -0.39 is 24.0 Å². The lowest BCUT2D eigenvalue weighted by Crippen LogP contribution is -2.22. The maximum absolute atomic E-state index is 15.0. The predicted octanol–water partition coefficient (Wildman–Crippen LogP) is 3.81. The van der Waals surface area contributed by atoms with Crippen LogP contribution in [-0.2, 0) is 6.54 Å². The summed E-state index contributed by atoms with van der Waals surface area (Å²) in [4.78, 5) is 4.25. The van der Waals surface area contributed by atoms with Crippen LogP contribution in [-0.4, -0.2) is 49.4 Å². The number of aromatic nitrogens is 6. The Hall–Kier alpha value is -3.95. The predicted molar refractivity (Wildman–Crippen MR) is 110 cm³/mol. The summed E-state index contributed by atoms with van der Waals surface area (Å²) in [6.45, 7) is 2.38. The second-order valence-electron chi connectivity index (χ2n) is 8.00. The molecule has 3 aromatic heterocycles. The molecule has 0 aliphatic carbocycles. The van der Waals surface area contributed by atoms with E-state index in [4.69, 9.17) is 10.00 Å². The average molecular weight is 462 g/mol. The summed E-state index contributed by atoms with van der Waals surface area (Å²) in [6, 6.07) is 6.50. The van der Waals surface area contributed by atoms with Gasteiger partial charge in [-0.1, -0.05) is 11.3 Å². The molecule has 33 heavy (non-hydrogen) atoms. The van der Waals surface area contributed by atoms with Gasteiger partial charge in [-0.15, -0.1) is 10.2 Å². The van der Waals surface area contributed by atoms with Gasteiger partial charge in [-0.25, -0.2) is 13.6 Å². The van der Waals surface area contributed by atoms with Crippen molar-refractivity contribution in [2.75, 3.05) is 19.0 Å². The molecule has 4 aromatic rings. The first-order valence-electron chi connectivity index (χ1n) is 9.70. The van der Waals surface area contributed by atoms with Crippen LogP contribution in [0, 0.1) is 22.6 Å². The Morgan fingerprint density at radius 2 is 2.00 bits per heavy atom. The van der Waals surface area contributed by atoms with Crippen molar-refractivity contribution in [1.82, 2.24) is 29.6 Å². The summed E-state index contributed by atoms with van der Waals surface area (Å²) >= 11 is 0. The van der Waals surface area contributed by atoms with Crippen molar-refractivity contribution >= 4 is 22.5 Å².